The molecule has 0 fully saturated rings. The Labute approximate surface area is 124 Å². The van der Waals surface area contributed by atoms with Crippen LogP contribution < -0.4 is 9.47 Å². The molecule has 1 aliphatic heterocycles. The third-order valence-corrected chi connectivity index (χ3v) is 5.41. The minimum atomic E-state index is -3.13. The Kier molecular flexibility index (Phi) is 4.41. The molecule has 1 aliphatic rings. The fraction of sp³-hybridized carbons (Fsp3) is 0.500. The van der Waals surface area contributed by atoms with Gasteiger partial charge in [-0.2, -0.15) is 0 Å². The maximum atomic E-state index is 12.4. The molecule has 0 aromatic heterocycles. The lowest BCUT2D eigenvalue weighted by molar-refractivity contribution is 0.0756. The smallest absolute Gasteiger partial charge is 0.254 e. The van der Waals surface area contributed by atoms with Crippen LogP contribution in [0.3, 0.4) is 0 Å². The average Bonchev–Trinajstić information content (AvgIpc) is 2.92. The molecule has 0 N–H and O–H groups in total. The van der Waals surface area contributed by atoms with Crippen molar-refractivity contribution in [2.24, 2.45) is 0 Å². The van der Waals surface area contributed by atoms with E-state index in [-0.39, 0.29) is 24.2 Å². The van der Waals surface area contributed by atoms with Gasteiger partial charge in [-0.3, -0.25) is 4.79 Å². The van der Waals surface area contributed by atoms with E-state index < -0.39 is 15.9 Å². The van der Waals surface area contributed by atoms with E-state index in [1.807, 2.05) is 0 Å². The van der Waals surface area contributed by atoms with E-state index >= 15 is 0 Å². The van der Waals surface area contributed by atoms with E-state index in [4.69, 9.17) is 9.47 Å². The summed E-state index contributed by atoms with van der Waals surface area (Å²) in [7, 11) is -1.53. The minimum Gasteiger partial charge on any atom is -0.454 e. The van der Waals surface area contributed by atoms with Gasteiger partial charge in [0.05, 0.1) is 5.75 Å². The lowest BCUT2D eigenvalue weighted by Gasteiger charge is -2.24. The third-order valence-electron chi connectivity index (χ3n) is 3.54. The van der Waals surface area contributed by atoms with E-state index in [1.165, 1.54) is 4.90 Å². The fourth-order valence-electron chi connectivity index (χ4n) is 2.03. The Morgan fingerprint density at radius 3 is 2.67 bits per heavy atom. The van der Waals surface area contributed by atoms with Gasteiger partial charge in [0, 0.05) is 24.4 Å². The van der Waals surface area contributed by atoms with Gasteiger partial charge < -0.3 is 14.4 Å². The molecule has 6 nitrogen and oxygen atoms in total. The summed E-state index contributed by atoms with van der Waals surface area (Å²) in [6, 6.07) is 4.54. The molecule has 1 heterocycles. The van der Waals surface area contributed by atoms with Crippen molar-refractivity contribution in [3.8, 4) is 11.5 Å². The number of rotatable bonds is 5. The molecule has 0 aliphatic carbocycles. The molecular formula is C14H19NO5S. The lowest BCUT2D eigenvalue weighted by Crippen LogP contribution is -2.39. The van der Waals surface area contributed by atoms with E-state index in [0.29, 0.717) is 17.1 Å². The van der Waals surface area contributed by atoms with Crippen LogP contribution in [0, 0.1) is 0 Å². The monoisotopic (exact) mass is 313 g/mol. The standard InChI is InChI=1S/C14H19NO5S/c1-4-21(17,18)8-10(2)15(3)14(16)11-5-6-12-13(7-11)20-9-19-12/h5-7,10H,4,8-9H2,1-3H3/t10-/m1/s1. The molecular weight excluding hydrogens is 294 g/mol. The minimum absolute atomic E-state index is 0.0453. The summed E-state index contributed by atoms with van der Waals surface area (Å²) in [4.78, 5) is 13.8. The number of sulfone groups is 1. The van der Waals surface area contributed by atoms with Crippen LogP contribution in [0.25, 0.3) is 0 Å². The number of ether oxygens (including phenoxy) is 2. The number of hydrogen-bond donors (Lipinski definition) is 0. The second-order valence-electron chi connectivity index (χ2n) is 5.03. The molecule has 1 aromatic carbocycles. The molecule has 21 heavy (non-hydrogen) atoms. The van der Waals surface area contributed by atoms with Crippen LogP contribution >= 0.6 is 0 Å². The summed E-state index contributed by atoms with van der Waals surface area (Å²) in [5, 5.41) is 0. The molecule has 2 rings (SSSR count). The number of nitrogens with zero attached hydrogens (tertiary/aromatic N) is 1. The van der Waals surface area contributed by atoms with Crippen LogP contribution in [0.5, 0.6) is 11.5 Å². The summed E-state index contributed by atoms with van der Waals surface area (Å²) in [6.45, 7) is 3.47. The Balaban J connectivity index is 2.12. The van der Waals surface area contributed by atoms with Crippen molar-refractivity contribution in [2.45, 2.75) is 19.9 Å². The van der Waals surface area contributed by atoms with Gasteiger partial charge in [0.1, 0.15) is 0 Å². The van der Waals surface area contributed by atoms with Crippen LogP contribution in [0.15, 0.2) is 18.2 Å². The Morgan fingerprint density at radius 1 is 1.33 bits per heavy atom. The van der Waals surface area contributed by atoms with E-state index in [1.54, 1.807) is 39.1 Å². The van der Waals surface area contributed by atoms with Gasteiger partial charge in [-0.25, -0.2) is 8.42 Å². The van der Waals surface area contributed by atoms with Gasteiger partial charge in [0.15, 0.2) is 21.3 Å². The van der Waals surface area contributed by atoms with Crippen LogP contribution in [0.4, 0.5) is 0 Å². The van der Waals surface area contributed by atoms with Crippen molar-refractivity contribution in [3.63, 3.8) is 0 Å². The van der Waals surface area contributed by atoms with Gasteiger partial charge >= 0.3 is 0 Å². The quantitative estimate of drug-likeness (QED) is 0.819. The van der Waals surface area contributed by atoms with Crippen molar-refractivity contribution in [1.82, 2.24) is 4.90 Å². The number of fused-ring (bicyclic) bond motifs is 1. The first kappa shape index (κ1) is 15.6. The zero-order valence-electron chi connectivity index (χ0n) is 12.3. The van der Waals surface area contributed by atoms with Crippen molar-refractivity contribution in [3.05, 3.63) is 23.8 Å². The van der Waals surface area contributed by atoms with Gasteiger partial charge in [-0.1, -0.05) is 6.92 Å². The molecule has 0 radical (unpaired) electrons. The molecule has 0 saturated carbocycles. The van der Waals surface area contributed by atoms with Crippen molar-refractivity contribution in [1.29, 1.82) is 0 Å². The molecule has 0 unspecified atom stereocenters. The Hall–Kier alpha value is -1.76. The summed E-state index contributed by atoms with van der Waals surface area (Å²) in [5.74, 6) is 0.922. The average molecular weight is 313 g/mol. The highest BCUT2D eigenvalue weighted by atomic mass is 32.2. The van der Waals surface area contributed by atoms with Crippen molar-refractivity contribution >= 4 is 15.7 Å². The normalized spacial score (nSPS) is 14.8. The summed E-state index contributed by atoms with van der Waals surface area (Å²) >= 11 is 0. The Bertz CT molecular complexity index is 641. The van der Waals surface area contributed by atoms with E-state index in [9.17, 15) is 13.2 Å². The van der Waals surface area contributed by atoms with Crippen molar-refractivity contribution < 1.29 is 22.7 Å². The van der Waals surface area contributed by atoms with Crippen LogP contribution in [0.1, 0.15) is 24.2 Å². The molecule has 1 aromatic rings. The van der Waals surface area contributed by atoms with Crippen LogP contribution in [-0.4, -0.2) is 50.6 Å². The van der Waals surface area contributed by atoms with Gasteiger partial charge in [0.2, 0.25) is 6.79 Å². The molecule has 1 atom stereocenters. The maximum Gasteiger partial charge on any atom is 0.254 e. The van der Waals surface area contributed by atoms with Gasteiger partial charge in [-0.15, -0.1) is 0 Å². The number of hydrogen-bond acceptors (Lipinski definition) is 5. The molecule has 0 spiro atoms. The lowest BCUT2D eigenvalue weighted by atomic mass is 10.1. The number of benzene rings is 1. The predicted octanol–water partition coefficient (Wildman–Crippen LogP) is 1.31. The molecule has 116 valence electrons. The SMILES string of the molecule is CCS(=O)(=O)C[C@@H](C)N(C)C(=O)c1ccc2c(c1)OCO2. The highest BCUT2D eigenvalue weighted by molar-refractivity contribution is 7.91. The largest absolute Gasteiger partial charge is 0.454 e. The second kappa shape index (κ2) is 5.93. The molecule has 0 bridgehead atoms. The third kappa shape index (κ3) is 3.47. The number of carbonyl (C=O) groups is 1. The summed E-state index contributed by atoms with van der Waals surface area (Å²) in [5.41, 5.74) is 0.447. The first-order valence-electron chi connectivity index (χ1n) is 6.71. The van der Waals surface area contributed by atoms with Gasteiger partial charge in [-0.05, 0) is 25.1 Å². The first-order chi connectivity index (χ1) is 9.84. The summed E-state index contributed by atoms with van der Waals surface area (Å²) < 4.78 is 33.7. The Morgan fingerprint density at radius 2 is 2.00 bits per heavy atom. The van der Waals surface area contributed by atoms with Gasteiger partial charge in [0.25, 0.3) is 5.91 Å². The van der Waals surface area contributed by atoms with Crippen molar-refractivity contribution in [2.75, 3.05) is 25.3 Å². The highest BCUT2D eigenvalue weighted by Crippen LogP contribution is 2.32. The number of amides is 1. The highest BCUT2D eigenvalue weighted by Gasteiger charge is 2.24. The second-order valence-corrected chi connectivity index (χ2v) is 7.43. The van der Waals surface area contributed by atoms with Crippen LogP contribution in [-0.2, 0) is 9.84 Å². The zero-order chi connectivity index (χ0) is 15.6. The topological polar surface area (TPSA) is 72.9 Å². The zero-order valence-corrected chi connectivity index (χ0v) is 13.1. The summed E-state index contributed by atoms with van der Waals surface area (Å²) in [6.07, 6.45) is 0. The maximum absolute atomic E-state index is 12.4. The molecule has 0 saturated heterocycles. The molecule has 1 amide bonds. The van der Waals surface area contributed by atoms with E-state index in [2.05, 4.69) is 0 Å². The predicted molar refractivity (Wildman–Crippen MR) is 78.4 cm³/mol. The number of carbonyl (C=O) groups excluding carboxylic acids is 1. The fourth-order valence-corrected chi connectivity index (χ4v) is 3.22. The molecule has 7 heteroatoms. The van der Waals surface area contributed by atoms with Crippen LogP contribution in [0.2, 0.25) is 0 Å². The first-order valence-corrected chi connectivity index (χ1v) is 8.53. The van der Waals surface area contributed by atoms with E-state index in [0.717, 1.165) is 0 Å².